The van der Waals surface area contributed by atoms with Crippen LogP contribution in [0.15, 0.2) is 45.3 Å². The van der Waals surface area contributed by atoms with Gasteiger partial charge in [-0.2, -0.15) is 4.39 Å². The molecule has 0 atom stereocenters. The number of hydrogen-bond donors (Lipinski definition) is 1. The van der Waals surface area contributed by atoms with Crippen molar-refractivity contribution >= 4 is 48.9 Å². The van der Waals surface area contributed by atoms with Crippen LogP contribution in [0, 0.1) is 26.0 Å². The Balaban J connectivity index is 0.000000205. The molecule has 192 valence electrons. The van der Waals surface area contributed by atoms with Crippen molar-refractivity contribution in [3.63, 3.8) is 0 Å². The molecule has 0 amide bonds. The monoisotopic (exact) mass is 616 g/mol. The summed E-state index contributed by atoms with van der Waals surface area (Å²) in [4.78, 5) is 22.1. The first-order valence-corrected chi connectivity index (χ1v) is 13.2. The molecule has 0 saturated heterocycles. The predicted octanol–water partition coefficient (Wildman–Crippen LogP) is 7.38. The first-order valence-electron chi connectivity index (χ1n) is 11.6. The van der Waals surface area contributed by atoms with E-state index in [0.717, 1.165) is 35.5 Å². The maximum Gasteiger partial charge on any atom is 0.305 e. The molecular weight excluding hydrogens is 587 g/mol. The van der Waals surface area contributed by atoms with Gasteiger partial charge in [0.25, 0.3) is 5.69 Å². The summed E-state index contributed by atoms with van der Waals surface area (Å²) in [6.45, 7) is 0. The highest BCUT2D eigenvalue weighted by molar-refractivity contribution is 9.10. The molecule has 2 aromatic rings. The Morgan fingerprint density at radius 2 is 1.37 bits per heavy atom. The van der Waals surface area contributed by atoms with Crippen molar-refractivity contribution in [1.82, 2.24) is 5.32 Å². The Morgan fingerprint density at radius 3 is 1.83 bits per heavy atom. The highest BCUT2D eigenvalue weighted by Crippen LogP contribution is 2.34. The molecule has 4 rings (SSSR count). The topological polar surface area (TPSA) is 102 Å². The number of anilines is 1. The Hall–Kier alpha value is -2.11. The molecule has 1 N–H and O–H groups in total. The molecular formula is C24H31Br2FN4O4. The first-order chi connectivity index (χ1) is 16.6. The highest BCUT2D eigenvalue weighted by Gasteiger charge is 2.25. The van der Waals surface area contributed by atoms with Crippen LogP contribution < -0.4 is 10.2 Å². The summed E-state index contributed by atoms with van der Waals surface area (Å²) in [7, 11) is 4.00. The van der Waals surface area contributed by atoms with Crippen LogP contribution in [-0.2, 0) is 0 Å². The van der Waals surface area contributed by atoms with E-state index in [1.165, 1.54) is 44.6 Å². The van der Waals surface area contributed by atoms with Gasteiger partial charge in [-0.15, -0.1) is 0 Å². The summed E-state index contributed by atoms with van der Waals surface area (Å²) < 4.78 is 13.8. The molecule has 0 bridgehead atoms. The maximum absolute atomic E-state index is 12.6. The number of halogens is 3. The molecule has 0 spiro atoms. The summed E-state index contributed by atoms with van der Waals surface area (Å²) in [5.74, 6) is -0.821. The summed E-state index contributed by atoms with van der Waals surface area (Å²) >= 11 is 6.27. The quantitative estimate of drug-likeness (QED) is 0.277. The van der Waals surface area contributed by atoms with Crippen molar-refractivity contribution in [2.24, 2.45) is 0 Å². The third kappa shape index (κ3) is 9.12. The summed E-state index contributed by atoms with van der Waals surface area (Å²) in [5, 5.41) is 24.4. The number of benzene rings is 2. The zero-order valence-electron chi connectivity index (χ0n) is 19.9. The van der Waals surface area contributed by atoms with E-state index in [-0.39, 0.29) is 10.6 Å². The minimum Gasteiger partial charge on any atom is -0.366 e. The molecule has 2 aliphatic carbocycles. The predicted molar refractivity (Wildman–Crippen MR) is 144 cm³/mol. The molecule has 2 aliphatic rings. The molecule has 2 aromatic carbocycles. The average molecular weight is 618 g/mol. The summed E-state index contributed by atoms with van der Waals surface area (Å²) in [5.41, 5.74) is 0.373. The van der Waals surface area contributed by atoms with E-state index < -0.39 is 16.4 Å². The summed E-state index contributed by atoms with van der Waals surface area (Å²) in [6.07, 6.45) is 10.4. The van der Waals surface area contributed by atoms with Crippen LogP contribution in [0.1, 0.15) is 51.4 Å². The molecule has 2 fully saturated rings. The van der Waals surface area contributed by atoms with Crippen LogP contribution in [0.4, 0.5) is 21.5 Å². The maximum atomic E-state index is 12.6. The van der Waals surface area contributed by atoms with Crippen LogP contribution in [0.3, 0.4) is 0 Å². The zero-order valence-corrected chi connectivity index (χ0v) is 23.1. The van der Waals surface area contributed by atoms with Crippen LogP contribution in [0.5, 0.6) is 0 Å². The number of hydrogen-bond acceptors (Lipinski definition) is 6. The van der Waals surface area contributed by atoms with Gasteiger partial charge in [-0.1, -0.05) is 57.5 Å². The minimum atomic E-state index is -0.821. The van der Waals surface area contributed by atoms with Crippen LogP contribution in [-0.4, -0.2) is 36.0 Å². The van der Waals surface area contributed by atoms with E-state index in [1.54, 1.807) is 6.07 Å². The summed E-state index contributed by atoms with van der Waals surface area (Å²) in [6, 6.07) is 10.1. The van der Waals surface area contributed by atoms with Crippen molar-refractivity contribution in [1.29, 1.82) is 0 Å². The Bertz CT molecular complexity index is 999. The number of nitrogens with zero attached hydrogens (tertiary/aromatic N) is 3. The SMILES string of the molecule is CN(c1ccc(Br)cc1[N+](=O)[O-])C1CCCC1.CNC1CCCC1.O=[N+]([O-])c1cc(Br)ccc1F. The van der Waals surface area contributed by atoms with Gasteiger partial charge in [-0.3, -0.25) is 20.2 Å². The second-order valence-corrected chi connectivity index (χ2v) is 10.4. The van der Waals surface area contributed by atoms with E-state index in [4.69, 9.17) is 0 Å². The molecule has 0 aliphatic heterocycles. The lowest BCUT2D eigenvalue weighted by molar-refractivity contribution is -0.387. The van der Waals surface area contributed by atoms with Crippen molar-refractivity contribution in [3.8, 4) is 0 Å². The third-order valence-electron chi connectivity index (χ3n) is 6.25. The van der Waals surface area contributed by atoms with Gasteiger partial charge in [0.1, 0.15) is 5.69 Å². The number of nitro groups is 2. The van der Waals surface area contributed by atoms with Gasteiger partial charge in [-0.05, 0) is 57.0 Å². The molecule has 11 heteroatoms. The normalized spacial score (nSPS) is 15.6. The van der Waals surface area contributed by atoms with Crippen molar-refractivity contribution in [3.05, 3.63) is 71.4 Å². The smallest absolute Gasteiger partial charge is 0.305 e. The largest absolute Gasteiger partial charge is 0.366 e. The Labute approximate surface area is 221 Å². The Kier molecular flexibility index (Phi) is 12.0. The molecule has 35 heavy (non-hydrogen) atoms. The fourth-order valence-electron chi connectivity index (χ4n) is 4.27. The van der Waals surface area contributed by atoms with Crippen molar-refractivity contribution in [2.75, 3.05) is 19.0 Å². The lowest BCUT2D eigenvalue weighted by atomic mass is 10.1. The van der Waals surface area contributed by atoms with Gasteiger partial charge in [-0.25, -0.2) is 0 Å². The highest BCUT2D eigenvalue weighted by atomic mass is 79.9. The van der Waals surface area contributed by atoms with Gasteiger partial charge in [0.2, 0.25) is 5.82 Å². The van der Waals surface area contributed by atoms with E-state index in [0.29, 0.717) is 16.2 Å². The fourth-order valence-corrected chi connectivity index (χ4v) is 4.97. The molecule has 0 radical (unpaired) electrons. The van der Waals surface area contributed by atoms with Gasteiger partial charge in [0.05, 0.1) is 9.85 Å². The molecule has 0 unspecified atom stereocenters. The van der Waals surface area contributed by atoms with E-state index in [9.17, 15) is 24.6 Å². The van der Waals surface area contributed by atoms with Crippen LogP contribution in [0.2, 0.25) is 0 Å². The van der Waals surface area contributed by atoms with Crippen LogP contribution >= 0.6 is 31.9 Å². The van der Waals surface area contributed by atoms with Gasteiger partial charge in [0, 0.05) is 40.2 Å². The van der Waals surface area contributed by atoms with Crippen LogP contribution in [0.25, 0.3) is 0 Å². The van der Waals surface area contributed by atoms with Crippen molar-refractivity contribution < 1.29 is 14.2 Å². The van der Waals surface area contributed by atoms with E-state index >= 15 is 0 Å². The molecule has 2 saturated carbocycles. The number of nitro benzene ring substituents is 2. The Morgan fingerprint density at radius 1 is 0.886 bits per heavy atom. The fraction of sp³-hybridized carbons (Fsp3) is 0.500. The number of nitrogens with one attached hydrogen (secondary N) is 1. The molecule has 0 aromatic heterocycles. The third-order valence-corrected chi connectivity index (χ3v) is 7.24. The zero-order chi connectivity index (χ0) is 26.0. The lowest BCUT2D eigenvalue weighted by Crippen LogP contribution is -2.29. The van der Waals surface area contributed by atoms with E-state index in [1.807, 2.05) is 19.2 Å². The first kappa shape index (κ1) is 29.1. The minimum absolute atomic E-state index is 0.175. The van der Waals surface area contributed by atoms with Gasteiger partial charge in [0.15, 0.2) is 0 Å². The molecule has 0 heterocycles. The standard InChI is InChI=1S/C12H15BrN2O2.C6H3BrFNO2.C6H13N/c1-14(10-4-2-3-5-10)11-7-6-9(13)8-12(11)15(16)17;7-4-1-2-5(8)6(3-4)9(10)11;1-7-6-4-2-3-5-6/h6-8,10H,2-5H2,1H3;1-3H;6-7H,2-5H2,1H3. The lowest BCUT2D eigenvalue weighted by Gasteiger charge is -2.26. The second kappa shape index (κ2) is 14.4. The van der Waals surface area contributed by atoms with Crippen molar-refractivity contribution in [2.45, 2.75) is 63.5 Å². The van der Waals surface area contributed by atoms with Gasteiger partial charge < -0.3 is 10.2 Å². The average Bonchev–Trinajstić information content (AvgIpc) is 3.55. The van der Waals surface area contributed by atoms with Gasteiger partial charge >= 0.3 is 5.69 Å². The van der Waals surface area contributed by atoms with E-state index in [2.05, 4.69) is 49.1 Å². The number of rotatable bonds is 5. The molecule has 8 nitrogen and oxygen atoms in total. The second-order valence-electron chi connectivity index (χ2n) is 8.56.